The molecule has 0 unspecified atom stereocenters. The minimum absolute atomic E-state index is 0.104. The number of rotatable bonds is 3. The van der Waals surface area contributed by atoms with Crippen molar-refractivity contribution in [2.24, 2.45) is 0 Å². The fourth-order valence-corrected chi connectivity index (χ4v) is 1.34. The number of Topliss-reactive ketones (excluding diaryl/α,β-unsaturated/α-hetero) is 1. The maximum absolute atomic E-state index is 13.1. The SMILES string of the molecule is CNC(C)(C)C(=O)c1cc(C)cc(F)c1. The maximum atomic E-state index is 13.1. The van der Waals surface area contributed by atoms with Crippen molar-refractivity contribution in [1.82, 2.24) is 5.32 Å². The highest BCUT2D eigenvalue weighted by molar-refractivity contribution is 6.02. The van der Waals surface area contributed by atoms with Crippen molar-refractivity contribution in [2.45, 2.75) is 26.3 Å². The van der Waals surface area contributed by atoms with Crippen LogP contribution in [0.5, 0.6) is 0 Å². The van der Waals surface area contributed by atoms with Crippen molar-refractivity contribution in [1.29, 1.82) is 0 Å². The fraction of sp³-hybridized carbons (Fsp3) is 0.417. The molecule has 15 heavy (non-hydrogen) atoms. The molecule has 0 fully saturated rings. The summed E-state index contributed by atoms with van der Waals surface area (Å²) in [6.07, 6.45) is 0. The molecule has 0 aliphatic rings. The van der Waals surface area contributed by atoms with Crippen molar-refractivity contribution in [3.63, 3.8) is 0 Å². The predicted octanol–water partition coefficient (Wildman–Crippen LogP) is 2.31. The second kappa shape index (κ2) is 4.11. The summed E-state index contributed by atoms with van der Waals surface area (Å²) in [7, 11) is 1.71. The summed E-state index contributed by atoms with van der Waals surface area (Å²) >= 11 is 0. The fourth-order valence-electron chi connectivity index (χ4n) is 1.34. The molecule has 0 spiro atoms. The van der Waals surface area contributed by atoms with Crippen LogP contribution >= 0.6 is 0 Å². The Morgan fingerprint density at radius 2 is 1.93 bits per heavy atom. The third-order valence-corrected chi connectivity index (χ3v) is 2.50. The number of carbonyl (C=O) groups is 1. The molecule has 0 amide bonds. The van der Waals surface area contributed by atoms with Gasteiger partial charge in [-0.25, -0.2) is 4.39 Å². The lowest BCUT2D eigenvalue weighted by Gasteiger charge is -2.22. The van der Waals surface area contributed by atoms with Crippen LogP contribution < -0.4 is 5.32 Å². The molecule has 0 aromatic heterocycles. The van der Waals surface area contributed by atoms with Gasteiger partial charge in [-0.15, -0.1) is 0 Å². The summed E-state index contributed by atoms with van der Waals surface area (Å²) in [5, 5.41) is 2.91. The molecule has 0 heterocycles. The van der Waals surface area contributed by atoms with Gasteiger partial charge in [0.2, 0.25) is 0 Å². The Kier molecular flexibility index (Phi) is 3.25. The molecule has 1 aromatic rings. The smallest absolute Gasteiger partial charge is 0.182 e. The van der Waals surface area contributed by atoms with Gasteiger partial charge in [-0.05, 0) is 51.6 Å². The van der Waals surface area contributed by atoms with Crippen LogP contribution in [0.1, 0.15) is 29.8 Å². The summed E-state index contributed by atoms with van der Waals surface area (Å²) in [5.74, 6) is -0.474. The van der Waals surface area contributed by atoms with Gasteiger partial charge in [-0.2, -0.15) is 0 Å². The number of halogens is 1. The van der Waals surface area contributed by atoms with E-state index in [1.165, 1.54) is 12.1 Å². The van der Waals surface area contributed by atoms with E-state index in [-0.39, 0.29) is 11.6 Å². The third-order valence-electron chi connectivity index (χ3n) is 2.50. The number of nitrogens with one attached hydrogen (secondary N) is 1. The van der Waals surface area contributed by atoms with Gasteiger partial charge in [0, 0.05) is 5.56 Å². The first kappa shape index (κ1) is 11.9. The molecular weight excluding hydrogens is 193 g/mol. The molecule has 0 saturated carbocycles. The normalized spacial score (nSPS) is 11.5. The number of ketones is 1. The van der Waals surface area contributed by atoms with E-state index in [0.717, 1.165) is 5.56 Å². The Hall–Kier alpha value is -1.22. The maximum Gasteiger partial charge on any atom is 0.182 e. The molecule has 0 atom stereocenters. The lowest BCUT2D eigenvalue weighted by atomic mass is 9.92. The zero-order valence-electron chi connectivity index (χ0n) is 9.52. The van der Waals surface area contributed by atoms with E-state index >= 15 is 0 Å². The molecule has 0 aliphatic carbocycles. The Labute approximate surface area is 89.5 Å². The number of hydrogen-bond acceptors (Lipinski definition) is 2. The molecule has 0 bridgehead atoms. The van der Waals surface area contributed by atoms with E-state index in [2.05, 4.69) is 5.32 Å². The molecule has 3 heteroatoms. The Bertz CT molecular complexity index is 365. The van der Waals surface area contributed by atoms with Crippen molar-refractivity contribution < 1.29 is 9.18 Å². The zero-order valence-corrected chi connectivity index (χ0v) is 9.52. The molecule has 1 N–H and O–H groups in total. The highest BCUT2D eigenvalue weighted by Crippen LogP contribution is 2.15. The number of hydrogen-bond donors (Lipinski definition) is 1. The van der Waals surface area contributed by atoms with Gasteiger partial charge in [0.25, 0.3) is 0 Å². The highest BCUT2D eigenvalue weighted by atomic mass is 19.1. The van der Waals surface area contributed by atoms with Crippen LogP contribution in [0.25, 0.3) is 0 Å². The quantitative estimate of drug-likeness (QED) is 0.774. The van der Waals surface area contributed by atoms with Crippen molar-refractivity contribution in [3.05, 3.63) is 35.1 Å². The summed E-state index contributed by atoms with van der Waals surface area (Å²) in [6.45, 7) is 5.32. The molecular formula is C12H16FNO. The first-order valence-electron chi connectivity index (χ1n) is 4.88. The minimum atomic E-state index is -0.666. The number of carbonyl (C=O) groups excluding carboxylic acids is 1. The Morgan fingerprint density at radius 1 is 1.33 bits per heavy atom. The van der Waals surface area contributed by atoms with Crippen molar-refractivity contribution in [2.75, 3.05) is 7.05 Å². The predicted molar refractivity (Wildman–Crippen MR) is 58.6 cm³/mol. The van der Waals surface area contributed by atoms with Crippen LogP contribution in [0.3, 0.4) is 0 Å². The first-order chi connectivity index (χ1) is 6.86. The molecule has 1 rings (SSSR count). The van der Waals surface area contributed by atoms with Gasteiger partial charge < -0.3 is 5.32 Å². The van der Waals surface area contributed by atoms with Gasteiger partial charge in [0.05, 0.1) is 5.54 Å². The molecule has 0 saturated heterocycles. The number of aryl methyl sites for hydroxylation is 1. The Morgan fingerprint density at radius 3 is 2.40 bits per heavy atom. The standard InChI is InChI=1S/C12H16FNO/c1-8-5-9(7-10(13)6-8)11(15)12(2,3)14-4/h5-7,14H,1-4H3. The average molecular weight is 209 g/mol. The average Bonchev–Trinajstić information content (AvgIpc) is 2.15. The van der Waals surface area contributed by atoms with E-state index in [1.54, 1.807) is 33.9 Å². The van der Waals surface area contributed by atoms with Crippen LogP contribution in [-0.4, -0.2) is 18.4 Å². The van der Waals surface area contributed by atoms with Crippen LogP contribution in [0.15, 0.2) is 18.2 Å². The molecule has 0 radical (unpaired) electrons. The van der Waals surface area contributed by atoms with Crippen LogP contribution in [0.4, 0.5) is 4.39 Å². The number of benzene rings is 1. The summed E-state index contributed by atoms with van der Waals surface area (Å²) in [4.78, 5) is 12.0. The first-order valence-corrected chi connectivity index (χ1v) is 4.88. The Balaban J connectivity index is 3.12. The summed E-state index contributed by atoms with van der Waals surface area (Å²) < 4.78 is 13.1. The van der Waals surface area contributed by atoms with Crippen LogP contribution in [0.2, 0.25) is 0 Å². The summed E-state index contributed by atoms with van der Waals surface area (Å²) in [5.41, 5.74) is 0.498. The highest BCUT2D eigenvalue weighted by Gasteiger charge is 2.26. The lowest BCUT2D eigenvalue weighted by molar-refractivity contribution is 0.0889. The van der Waals surface area contributed by atoms with Gasteiger partial charge in [-0.1, -0.05) is 0 Å². The molecule has 0 aliphatic heterocycles. The van der Waals surface area contributed by atoms with Gasteiger partial charge >= 0.3 is 0 Å². The van der Waals surface area contributed by atoms with Crippen molar-refractivity contribution >= 4 is 5.78 Å². The van der Waals surface area contributed by atoms with E-state index < -0.39 is 5.54 Å². The monoisotopic (exact) mass is 209 g/mol. The van der Waals surface area contributed by atoms with E-state index in [4.69, 9.17) is 0 Å². The van der Waals surface area contributed by atoms with Crippen LogP contribution in [-0.2, 0) is 0 Å². The second-order valence-electron chi connectivity index (χ2n) is 4.22. The number of likely N-dealkylation sites (N-methyl/N-ethyl adjacent to an activating group) is 1. The zero-order chi connectivity index (χ0) is 11.6. The van der Waals surface area contributed by atoms with Gasteiger partial charge in [0.15, 0.2) is 5.78 Å². The summed E-state index contributed by atoms with van der Waals surface area (Å²) in [6, 6.07) is 4.38. The second-order valence-corrected chi connectivity index (χ2v) is 4.22. The minimum Gasteiger partial charge on any atom is -0.308 e. The van der Waals surface area contributed by atoms with Crippen molar-refractivity contribution in [3.8, 4) is 0 Å². The molecule has 1 aromatic carbocycles. The lowest BCUT2D eigenvalue weighted by Crippen LogP contribution is -2.44. The van der Waals surface area contributed by atoms with E-state index in [0.29, 0.717) is 5.56 Å². The molecule has 2 nitrogen and oxygen atoms in total. The van der Waals surface area contributed by atoms with E-state index in [1.807, 2.05) is 0 Å². The molecule has 82 valence electrons. The van der Waals surface area contributed by atoms with Crippen LogP contribution in [0, 0.1) is 12.7 Å². The van der Waals surface area contributed by atoms with Gasteiger partial charge in [-0.3, -0.25) is 4.79 Å². The third kappa shape index (κ3) is 2.63. The van der Waals surface area contributed by atoms with E-state index in [9.17, 15) is 9.18 Å². The topological polar surface area (TPSA) is 29.1 Å². The van der Waals surface area contributed by atoms with Gasteiger partial charge in [0.1, 0.15) is 5.82 Å². The largest absolute Gasteiger partial charge is 0.308 e.